The second-order valence-corrected chi connectivity index (χ2v) is 4.89. The van der Waals surface area contributed by atoms with E-state index in [2.05, 4.69) is 4.98 Å². The number of aromatic nitrogens is 1. The van der Waals surface area contributed by atoms with E-state index in [1.54, 1.807) is 23.3 Å². The Morgan fingerprint density at radius 3 is 2.90 bits per heavy atom. The first-order chi connectivity index (χ1) is 9.49. The van der Waals surface area contributed by atoms with E-state index in [9.17, 15) is 14.9 Å². The molecule has 104 valence electrons. The minimum atomic E-state index is -1.24. The van der Waals surface area contributed by atoms with Gasteiger partial charge in [0.2, 0.25) is 0 Å². The minimum absolute atomic E-state index is 0.183. The Morgan fingerprint density at radius 1 is 1.60 bits per heavy atom. The summed E-state index contributed by atoms with van der Waals surface area (Å²) in [6.45, 7) is 0.481. The highest BCUT2D eigenvalue weighted by atomic mass is 32.1. The lowest BCUT2D eigenvalue weighted by atomic mass is 10.2. The monoisotopic (exact) mass is 293 g/mol. The molecule has 0 aromatic carbocycles. The molecule has 0 aliphatic heterocycles. The van der Waals surface area contributed by atoms with Crippen LogP contribution in [0.15, 0.2) is 29.1 Å². The molecule has 0 aliphatic rings. The van der Waals surface area contributed by atoms with E-state index < -0.39 is 10.9 Å². The van der Waals surface area contributed by atoms with Crippen LogP contribution in [0, 0.1) is 10.1 Å². The molecule has 0 unspecified atom stereocenters. The van der Waals surface area contributed by atoms with Gasteiger partial charge in [-0.1, -0.05) is 0 Å². The third kappa shape index (κ3) is 2.91. The average Bonchev–Trinajstić information content (AvgIpc) is 2.90. The van der Waals surface area contributed by atoms with Crippen LogP contribution < -0.4 is 4.90 Å². The van der Waals surface area contributed by atoms with Crippen LogP contribution in [0.4, 0.5) is 11.5 Å². The van der Waals surface area contributed by atoms with Crippen molar-refractivity contribution >= 4 is 28.8 Å². The van der Waals surface area contributed by atoms with E-state index >= 15 is 0 Å². The van der Waals surface area contributed by atoms with Crippen LogP contribution in [0.25, 0.3) is 0 Å². The smallest absolute Gasteiger partial charge is 0.339 e. The van der Waals surface area contributed by atoms with Crippen molar-refractivity contribution in [2.75, 3.05) is 11.9 Å². The largest absolute Gasteiger partial charge is 0.478 e. The minimum Gasteiger partial charge on any atom is -0.478 e. The van der Waals surface area contributed by atoms with Crippen LogP contribution in [-0.2, 0) is 6.54 Å². The Kier molecular flexibility index (Phi) is 3.94. The Bertz CT molecular complexity index is 642. The van der Waals surface area contributed by atoms with Crippen LogP contribution in [0.5, 0.6) is 0 Å². The van der Waals surface area contributed by atoms with Gasteiger partial charge in [-0.15, -0.1) is 0 Å². The fourth-order valence-corrected chi connectivity index (χ4v) is 2.40. The predicted octanol–water partition coefficient (Wildman–Crippen LogP) is 2.39. The fraction of sp³-hybridized carbons (Fsp3) is 0.167. The number of nitro groups is 1. The van der Waals surface area contributed by atoms with Gasteiger partial charge in [-0.05, 0) is 22.4 Å². The number of anilines is 1. The first kappa shape index (κ1) is 13.9. The summed E-state index contributed by atoms with van der Waals surface area (Å²) >= 11 is 1.54. The van der Waals surface area contributed by atoms with E-state index in [-0.39, 0.29) is 17.1 Å². The number of hydrogen-bond acceptors (Lipinski definition) is 6. The van der Waals surface area contributed by atoms with Crippen molar-refractivity contribution in [2.24, 2.45) is 0 Å². The van der Waals surface area contributed by atoms with E-state index in [1.165, 1.54) is 0 Å². The first-order valence-electron chi connectivity index (χ1n) is 5.59. The summed E-state index contributed by atoms with van der Waals surface area (Å²) in [4.78, 5) is 26.8. The molecule has 7 nitrogen and oxygen atoms in total. The molecule has 0 radical (unpaired) electrons. The van der Waals surface area contributed by atoms with E-state index in [0.29, 0.717) is 6.54 Å². The Balaban J connectivity index is 2.35. The molecule has 2 aromatic rings. The van der Waals surface area contributed by atoms with Crippen molar-refractivity contribution in [3.05, 3.63) is 50.3 Å². The van der Waals surface area contributed by atoms with E-state index in [1.807, 2.05) is 16.8 Å². The second-order valence-electron chi connectivity index (χ2n) is 4.11. The molecule has 0 aliphatic carbocycles. The van der Waals surface area contributed by atoms with Crippen molar-refractivity contribution in [1.82, 2.24) is 4.98 Å². The van der Waals surface area contributed by atoms with Gasteiger partial charge < -0.3 is 10.0 Å². The van der Waals surface area contributed by atoms with Crippen molar-refractivity contribution in [3.63, 3.8) is 0 Å². The molecular weight excluding hydrogens is 282 g/mol. The maximum absolute atomic E-state index is 11.2. The van der Waals surface area contributed by atoms with Crippen molar-refractivity contribution in [2.45, 2.75) is 6.54 Å². The van der Waals surface area contributed by atoms with Crippen molar-refractivity contribution in [1.29, 1.82) is 0 Å². The average molecular weight is 293 g/mol. The molecule has 0 atom stereocenters. The van der Waals surface area contributed by atoms with E-state index in [4.69, 9.17) is 5.11 Å². The number of thiophene rings is 1. The summed E-state index contributed by atoms with van der Waals surface area (Å²) in [7, 11) is 1.69. The van der Waals surface area contributed by atoms with Crippen LogP contribution in [-0.4, -0.2) is 28.0 Å². The van der Waals surface area contributed by atoms with Gasteiger partial charge in [0.15, 0.2) is 0 Å². The second kappa shape index (κ2) is 5.66. The van der Waals surface area contributed by atoms with E-state index in [0.717, 1.165) is 17.8 Å². The van der Waals surface area contributed by atoms with Gasteiger partial charge in [0.25, 0.3) is 5.69 Å². The number of pyridine rings is 1. The first-order valence-corrected chi connectivity index (χ1v) is 6.53. The summed E-state index contributed by atoms with van der Waals surface area (Å²) in [5, 5.41) is 23.7. The standard InChI is InChI=1S/C12H11N3O4S/c1-14(6-8-2-3-20-7-8)11-10(12(16)17)4-9(5-13-11)15(18)19/h2-5,7H,6H2,1H3,(H,16,17). The number of carboxylic acids is 1. The molecule has 0 amide bonds. The van der Waals surface area contributed by atoms with Gasteiger partial charge in [-0.2, -0.15) is 11.3 Å². The summed E-state index contributed by atoms with van der Waals surface area (Å²) in [5.41, 5.74) is 0.501. The van der Waals surface area contributed by atoms with Gasteiger partial charge >= 0.3 is 5.97 Å². The molecule has 0 bridgehead atoms. The third-order valence-corrected chi connectivity index (χ3v) is 3.39. The topological polar surface area (TPSA) is 96.6 Å². The SMILES string of the molecule is CN(Cc1ccsc1)c1ncc([N+](=O)[O-])cc1C(=O)O. The van der Waals surface area contributed by atoms with Crippen LogP contribution in [0.1, 0.15) is 15.9 Å². The zero-order valence-electron chi connectivity index (χ0n) is 10.5. The molecule has 8 heteroatoms. The zero-order valence-corrected chi connectivity index (χ0v) is 11.3. The molecule has 20 heavy (non-hydrogen) atoms. The Hall–Kier alpha value is -2.48. The molecule has 1 N–H and O–H groups in total. The highest BCUT2D eigenvalue weighted by Gasteiger charge is 2.20. The number of hydrogen-bond donors (Lipinski definition) is 1. The third-order valence-electron chi connectivity index (χ3n) is 2.65. The number of carbonyl (C=O) groups is 1. The maximum Gasteiger partial charge on any atom is 0.339 e. The molecule has 0 saturated heterocycles. The lowest BCUT2D eigenvalue weighted by molar-refractivity contribution is -0.385. The number of aromatic carboxylic acids is 1. The zero-order chi connectivity index (χ0) is 14.7. The Labute approximate surface area is 118 Å². The molecule has 2 aromatic heterocycles. The van der Waals surface area contributed by atoms with Gasteiger partial charge in [0.05, 0.1) is 4.92 Å². The lowest BCUT2D eigenvalue weighted by Gasteiger charge is -2.19. The molecule has 0 spiro atoms. The van der Waals surface area contributed by atoms with Crippen LogP contribution in [0.2, 0.25) is 0 Å². The molecule has 0 fully saturated rings. The molecular formula is C12H11N3O4S. The summed E-state index contributed by atoms with van der Waals surface area (Å²) in [6.07, 6.45) is 1.06. The number of nitrogens with zero attached hydrogens (tertiary/aromatic N) is 3. The lowest BCUT2D eigenvalue weighted by Crippen LogP contribution is -2.20. The van der Waals surface area contributed by atoms with Gasteiger partial charge in [0, 0.05) is 19.7 Å². The Morgan fingerprint density at radius 2 is 2.35 bits per heavy atom. The predicted molar refractivity (Wildman–Crippen MR) is 74.3 cm³/mol. The van der Waals surface area contributed by atoms with Crippen molar-refractivity contribution in [3.8, 4) is 0 Å². The number of carboxylic acid groups (broad SMARTS) is 1. The van der Waals surface area contributed by atoms with Gasteiger partial charge in [-0.3, -0.25) is 10.1 Å². The molecule has 0 saturated carbocycles. The van der Waals surface area contributed by atoms with Crippen LogP contribution >= 0.6 is 11.3 Å². The quantitative estimate of drug-likeness (QED) is 0.671. The highest BCUT2D eigenvalue weighted by Crippen LogP contribution is 2.23. The van der Waals surface area contributed by atoms with Crippen molar-refractivity contribution < 1.29 is 14.8 Å². The maximum atomic E-state index is 11.2. The number of rotatable bonds is 5. The molecule has 2 rings (SSSR count). The van der Waals surface area contributed by atoms with Crippen LogP contribution in [0.3, 0.4) is 0 Å². The summed E-state index contributed by atoms with van der Waals surface area (Å²) in [5.74, 6) is -1.04. The highest BCUT2D eigenvalue weighted by molar-refractivity contribution is 7.07. The summed E-state index contributed by atoms with van der Waals surface area (Å²) in [6, 6.07) is 2.95. The fourth-order valence-electron chi connectivity index (χ4n) is 1.74. The molecule has 2 heterocycles. The van der Waals surface area contributed by atoms with Gasteiger partial charge in [0.1, 0.15) is 17.6 Å². The normalized spacial score (nSPS) is 10.2. The van der Waals surface area contributed by atoms with Gasteiger partial charge in [-0.25, -0.2) is 9.78 Å². The summed E-state index contributed by atoms with van der Waals surface area (Å²) < 4.78 is 0.